The van der Waals surface area contributed by atoms with Gasteiger partial charge in [-0.25, -0.2) is 4.98 Å². The van der Waals surface area contributed by atoms with Crippen LogP contribution in [0.25, 0.3) is 0 Å². The molecule has 0 spiro atoms. The first-order valence-electron chi connectivity index (χ1n) is 7.60. The van der Waals surface area contributed by atoms with Gasteiger partial charge in [-0.3, -0.25) is 9.89 Å². The van der Waals surface area contributed by atoms with Gasteiger partial charge in [-0.1, -0.05) is 26.2 Å². The lowest BCUT2D eigenvalue weighted by Gasteiger charge is -2.21. The molecule has 6 nitrogen and oxygen atoms in total. The van der Waals surface area contributed by atoms with Crippen molar-refractivity contribution in [1.29, 1.82) is 0 Å². The molecule has 1 aliphatic carbocycles. The molecule has 1 amide bonds. The van der Waals surface area contributed by atoms with Gasteiger partial charge in [0.2, 0.25) is 5.82 Å². The highest BCUT2D eigenvalue weighted by molar-refractivity contribution is 5.90. The van der Waals surface area contributed by atoms with Crippen molar-refractivity contribution in [3.05, 3.63) is 11.6 Å². The molecule has 0 bridgehead atoms. The summed E-state index contributed by atoms with van der Waals surface area (Å²) >= 11 is 0. The summed E-state index contributed by atoms with van der Waals surface area (Å²) in [5, 5.41) is 9.42. The van der Waals surface area contributed by atoms with Crippen LogP contribution in [-0.2, 0) is 11.2 Å². The van der Waals surface area contributed by atoms with Crippen LogP contribution in [-0.4, -0.2) is 40.3 Å². The largest absolute Gasteiger partial charge is 0.378 e. The van der Waals surface area contributed by atoms with Gasteiger partial charge in [0.25, 0.3) is 5.91 Å². The van der Waals surface area contributed by atoms with Crippen LogP contribution in [0.4, 0.5) is 0 Å². The zero-order valence-corrected chi connectivity index (χ0v) is 12.2. The highest BCUT2D eigenvalue weighted by Gasteiger charge is 2.14. The highest BCUT2D eigenvalue weighted by Crippen LogP contribution is 2.20. The molecule has 2 rings (SSSR count). The van der Waals surface area contributed by atoms with E-state index in [1.54, 1.807) is 0 Å². The fourth-order valence-corrected chi connectivity index (χ4v) is 2.39. The van der Waals surface area contributed by atoms with Crippen molar-refractivity contribution in [1.82, 2.24) is 20.5 Å². The Labute approximate surface area is 119 Å². The second kappa shape index (κ2) is 7.99. The summed E-state index contributed by atoms with van der Waals surface area (Å²) in [5.74, 6) is 0.726. The average molecular weight is 280 g/mol. The van der Waals surface area contributed by atoms with E-state index in [0.717, 1.165) is 18.7 Å². The molecule has 0 atom stereocenters. The zero-order valence-electron chi connectivity index (χ0n) is 12.2. The molecule has 0 aromatic carbocycles. The Morgan fingerprint density at radius 3 is 2.90 bits per heavy atom. The first kappa shape index (κ1) is 15.0. The number of hydrogen-bond donors (Lipinski definition) is 2. The molecule has 0 unspecified atom stereocenters. The number of nitrogens with one attached hydrogen (secondary N) is 2. The van der Waals surface area contributed by atoms with Crippen molar-refractivity contribution in [3.63, 3.8) is 0 Å². The molecule has 0 radical (unpaired) electrons. The van der Waals surface area contributed by atoms with E-state index in [4.69, 9.17) is 4.74 Å². The Morgan fingerprint density at radius 1 is 1.40 bits per heavy atom. The van der Waals surface area contributed by atoms with Gasteiger partial charge in [-0.15, -0.1) is 5.10 Å². The van der Waals surface area contributed by atoms with Gasteiger partial charge in [0.1, 0.15) is 5.82 Å². The van der Waals surface area contributed by atoms with Gasteiger partial charge in [0.05, 0.1) is 6.10 Å². The number of H-pyrrole nitrogens is 1. The first-order valence-corrected chi connectivity index (χ1v) is 7.60. The molecule has 1 aliphatic rings. The van der Waals surface area contributed by atoms with E-state index in [2.05, 4.69) is 20.5 Å². The van der Waals surface area contributed by atoms with Gasteiger partial charge < -0.3 is 10.1 Å². The summed E-state index contributed by atoms with van der Waals surface area (Å²) in [4.78, 5) is 15.8. The van der Waals surface area contributed by atoms with Gasteiger partial charge >= 0.3 is 0 Å². The fourth-order valence-electron chi connectivity index (χ4n) is 2.39. The normalized spacial score (nSPS) is 16.2. The summed E-state index contributed by atoms with van der Waals surface area (Å²) in [6.07, 6.45) is 8.28. The summed E-state index contributed by atoms with van der Waals surface area (Å²) in [6.45, 7) is 3.27. The lowest BCUT2D eigenvalue weighted by Crippen LogP contribution is -2.27. The SMILES string of the molecule is CCc1nc(C(=O)NCCCOC2CCCCC2)n[nH]1. The van der Waals surface area contributed by atoms with Crippen molar-refractivity contribution < 1.29 is 9.53 Å². The van der Waals surface area contributed by atoms with Crippen LogP contribution >= 0.6 is 0 Å². The number of ether oxygens (including phenoxy) is 1. The van der Waals surface area contributed by atoms with E-state index in [-0.39, 0.29) is 11.7 Å². The number of nitrogens with zero attached hydrogens (tertiary/aromatic N) is 2. The minimum atomic E-state index is -0.224. The van der Waals surface area contributed by atoms with Crippen LogP contribution in [0, 0.1) is 0 Å². The van der Waals surface area contributed by atoms with Crippen LogP contribution in [0.3, 0.4) is 0 Å². The number of rotatable bonds is 7. The maximum atomic E-state index is 11.7. The second-order valence-electron chi connectivity index (χ2n) is 5.20. The number of amides is 1. The minimum Gasteiger partial charge on any atom is -0.378 e. The standard InChI is InChI=1S/C14H24N4O2/c1-2-12-16-13(18-17-12)14(19)15-9-6-10-20-11-7-4-3-5-8-11/h11H,2-10H2,1H3,(H,15,19)(H,16,17,18). The van der Waals surface area contributed by atoms with Crippen LogP contribution in [0.1, 0.15) is 61.9 Å². The summed E-state index contributed by atoms with van der Waals surface area (Å²) < 4.78 is 5.80. The molecule has 2 N–H and O–H groups in total. The third-order valence-corrected chi connectivity index (χ3v) is 3.58. The molecule has 112 valence electrons. The number of carbonyl (C=O) groups is 1. The summed E-state index contributed by atoms with van der Waals surface area (Å²) in [5.41, 5.74) is 0. The van der Waals surface area contributed by atoms with E-state index in [9.17, 15) is 4.79 Å². The van der Waals surface area contributed by atoms with Crippen LogP contribution in [0.5, 0.6) is 0 Å². The summed E-state index contributed by atoms with van der Waals surface area (Å²) in [6, 6.07) is 0. The highest BCUT2D eigenvalue weighted by atomic mass is 16.5. The monoisotopic (exact) mass is 280 g/mol. The minimum absolute atomic E-state index is 0.218. The molecular weight excluding hydrogens is 256 g/mol. The molecule has 1 saturated carbocycles. The molecule has 1 fully saturated rings. The lowest BCUT2D eigenvalue weighted by atomic mass is 9.98. The molecule has 1 aromatic heterocycles. The Morgan fingerprint density at radius 2 is 2.20 bits per heavy atom. The number of aromatic nitrogens is 3. The predicted molar refractivity (Wildman–Crippen MR) is 75.5 cm³/mol. The molecule has 1 aromatic rings. The van der Waals surface area contributed by atoms with Gasteiger partial charge in [0.15, 0.2) is 0 Å². The molecule has 0 saturated heterocycles. The van der Waals surface area contributed by atoms with Crippen LogP contribution in [0.15, 0.2) is 0 Å². The Kier molecular flexibility index (Phi) is 5.98. The van der Waals surface area contributed by atoms with E-state index in [1.807, 2.05) is 6.92 Å². The Bertz CT molecular complexity index is 413. The molecule has 6 heteroatoms. The molecule has 1 heterocycles. The maximum absolute atomic E-state index is 11.7. The molecule has 0 aliphatic heterocycles. The van der Waals surface area contributed by atoms with Crippen molar-refractivity contribution in [2.75, 3.05) is 13.2 Å². The van der Waals surface area contributed by atoms with E-state index in [1.165, 1.54) is 32.1 Å². The quantitative estimate of drug-likeness (QED) is 0.747. The number of carbonyl (C=O) groups excluding carboxylic acids is 1. The zero-order chi connectivity index (χ0) is 14.2. The van der Waals surface area contributed by atoms with Crippen LogP contribution in [0.2, 0.25) is 0 Å². The Balaban J connectivity index is 1.57. The smallest absolute Gasteiger partial charge is 0.290 e. The van der Waals surface area contributed by atoms with Crippen molar-refractivity contribution in [2.24, 2.45) is 0 Å². The third-order valence-electron chi connectivity index (χ3n) is 3.58. The van der Waals surface area contributed by atoms with Gasteiger partial charge in [-0.05, 0) is 19.3 Å². The second-order valence-corrected chi connectivity index (χ2v) is 5.20. The van der Waals surface area contributed by atoms with E-state index >= 15 is 0 Å². The van der Waals surface area contributed by atoms with Gasteiger partial charge in [0, 0.05) is 19.6 Å². The first-order chi connectivity index (χ1) is 9.79. The lowest BCUT2D eigenvalue weighted by molar-refractivity contribution is 0.0273. The topological polar surface area (TPSA) is 79.9 Å². The number of hydrogen-bond acceptors (Lipinski definition) is 4. The van der Waals surface area contributed by atoms with Crippen molar-refractivity contribution in [3.8, 4) is 0 Å². The third kappa shape index (κ3) is 4.59. The van der Waals surface area contributed by atoms with Gasteiger partial charge in [-0.2, -0.15) is 0 Å². The predicted octanol–water partition coefficient (Wildman–Crippen LogP) is 1.84. The number of aromatic amines is 1. The fraction of sp³-hybridized carbons (Fsp3) is 0.786. The molecular formula is C14H24N4O2. The summed E-state index contributed by atoms with van der Waals surface area (Å²) in [7, 11) is 0. The van der Waals surface area contributed by atoms with Crippen molar-refractivity contribution >= 4 is 5.91 Å². The molecule has 20 heavy (non-hydrogen) atoms. The van der Waals surface area contributed by atoms with E-state index in [0.29, 0.717) is 19.3 Å². The van der Waals surface area contributed by atoms with Crippen molar-refractivity contribution in [2.45, 2.75) is 58.0 Å². The van der Waals surface area contributed by atoms with Crippen LogP contribution < -0.4 is 5.32 Å². The maximum Gasteiger partial charge on any atom is 0.290 e. The average Bonchev–Trinajstić information content (AvgIpc) is 2.97. The van der Waals surface area contributed by atoms with E-state index < -0.39 is 0 Å². The number of aryl methyl sites for hydroxylation is 1. The Hall–Kier alpha value is -1.43.